The fraction of sp³-hybridized carbons (Fsp3) is 0.143. The molecule has 1 aromatic heterocycles. The number of carbonyl (C=O) groups is 1. The number of anilines is 3. The Hall–Kier alpha value is -3.14. The molecule has 0 aliphatic heterocycles. The van der Waals surface area contributed by atoms with E-state index in [0.717, 1.165) is 17.1 Å². The van der Waals surface area contributed by atoms with Gasteiger partial charge in [0.25, 0.3) is 5.91 Å². The summed E-state index contributed by atoms with van der Waals surface area (Å²) in [5, 5.41) is 3.30. The lowest BCUT2D eigenvalue weighted by molar-refractivity contribution is 0.0988. The van der Waals surface area contributed by atoms with Crippen LogP contribution in [0.25, 0.3) is 0 Å². The Morgan fingerprint density at radius 3 is 2.52 bits per heavy atom. The number of aromatic nitrogens is 1. The highest BCUT2D eigenvalue weighted by Gasteiger charge is 2.16. The Labute approximate surface area is 148 Å². The van der Waals surface area contributed by atoms with Gasteiger partial charge in [-0.25, -0.2) is 0 Å². The molecule has 4 nitrogen and oxygen atoms in total. The molecule has 0 saturated heterocycles. The van der Waals surface area contributed by atoms with Crippen LogP contribution in [0.15, 0.2) is 73.1 Å². The lowest BCUT2D eigenvalue weighted by Gasteiger charge is -2.21. The molecular formula is C21H21N3O. The van der Waals surface area contributed by atoms with Gasteiger partial charge in [0.1, 0.15) is 0 Å². The number of amides is 1. The molecule has 0 aliphatic rings. The number of carbonyl (C=O) groups excluding carboxylic acids is 1. The Morgan fingerprint density at radius 1 is 1.00 bits per heavy atom. The molecule has 0 radical (unpaired) electrons. The number of hydrogen-bond donors (Lipinski definition) is 1. The molecule has 1 heterocycles. The monoisotopic (exact) mass is 331 g/mol. The predicted molar refractivity (Wildman–Crippen MR) is 102 cm³/mol. The molecular weight excluding hydrogens is 310 g/mol. The molecule has 0 saturated carbocycles. The number of benzene rings is 2. The summed E-state index contributed by atoms with van der Waals surface area (Å²) in [5.74, 6) is -0.0610. The van der Waals surface area contributed by atoms with Crippen LogP contribution in [0.3, 0.4) is 0 Å². The second-order valence-electron chi connectivity index (χ2n) is 5.84. The summed E-state index contributed by atoms with van der Waals surface area (Å²) < 4.78 is 0. The molecule has 0 fully saturated rings. The summed E-state index contributed by atoms with van der Waals surface area (Å²) in [6.07, 6.45) is 3.33. The summed E-state index contributed by atoms with van der Waals surface area (Å²) in [6, 6.07) is 19.6. The van der Waals surface area contributed by atoms with E-state index >= 15 is 0 Å². The molecule has 3 aromatic rings. The number of rotatable bonds is 5. The first-order chi connectivity index (χ1) is 12.2. The third-order valence-corrected chi connectivity index (χ3v) is 3.92. The van der Waals surface area contributed by atoms with Crippen molar-refractivity contribution in [3.8, 4) is 0 Å². The van der Waals surface area contributed by atoms with Crippen molar-refractivity contribution >= 4 is 23.0 Å². The minimum Gasteiger partial charge on any atom is -0.354 e. The Bertz CT molecular complexity index is 862. The van der Waals surface area contributed by atoms with Crippen molar-refractivity contribution < 1.29 is 4.79 Å². The van der Waals surface area contributed by atoms with Crippen molar-refractivity contribution in [2.75, 3.05) is 16.8 Å². The molecule has 4 heteroatoms. The topological polar surface area (TPSA) is 45.2 Å². The van der Waals surface area contributed by atoms with Gasteiger partial charge in [0, 0.05) is 24.1 Å². The van der Waals surface area contributed by atoms with E-state index in [0.29, 0.717) is 12.1 Å². The van der Waals surface area contributed by atoms with Crippen LogP contribution in [0.2, 0.25) is 0 Å². The molecule has 3 rings (SSSR count). The Morgan fingerprint density at radius 2 is 1.80 bits per heavy atom. The van der Waals surface area contributed by atoms with E-state index in [9.17, 15) is 4.79 Å². The molecule has 0 spiro atoms. The van der Waals surface area contributed by atoms with Gasteiger partial charge in [-0.1, -0.05) is 30.3 Å². The predicted octanol–water partition coefficient (Wildman–Crippen LogP) is 4.80. The van der Waals surface area contributed by atoms with E-state index in [1.54, 1.807) is 17.3 Å². The van der Waals surface area contributed by atoms with Gasteiger partial charge in [0.05, 0.1) is 17.4 Å². The molecule has 0 atom stereocenters. The van der Waals surface area contributed by atoms with Gasteiger partial charge in [-0.15, -0.1) is 0 Å². The molecule has 2 aromatic carbocycles. The summed E-state index contributed by atoms with van der Waals surface area (Å²) in [7, 11) is 0. The molecule has 1 amide bonds. The average molecular weight is 331 g/mol. The van der Waals surface area contributed by atoms with E-state index in [2.05, 4.69) is 16.4 Å². The maximum absolute atomic E-state index is 12.9. The minimum atomic E-state index is -0.0610. The maximum Gasteiger partial charge on any atom is 0.259 e. The smallest absolute Gasteiger partial charge is 0.259 e. The number of pyridine rings is 1. The first kappa shape index (κ1) is 16.7. The van der Waals surface area contributed by atoms with Gasteiger partial charge in [-0.3, -0.25) is 9.78 Å². The molecule has 126 valence electrons. The highest BCUT2D eigenvalue weighted by molar-refractivity contribution is 6.06. The van der Waals surface area contributed by atoms with E-state index in [1.165, 1.54) is 5.56 Å². The summed E-state index contributed by atoms with van der Waals surface area (Å²) in [5.41, 5.74) is 4.38. The lowest BCUT2D eigenvalue weighted by Crippen LogP contribution is -2.30. The second kappa shape index (κ2) is 7.62. The zero-order valence-electron chi connectivity index (χ0n) is 14.4. The average Bonchev–Trinajstić information content (AvgIpc) is 2.63. The van der Waals surface area contributed by atoms with E-state index in [4.69, 9.17) is 0 Å². The van der Waals surface area contributed by atoms with Crippen LogP contribution in [0.5, 0.6) is 0 Å². The van der Waals surface area contributed by atoms with Crippen molar-refractivity contribution in [3.63, 3.8) is 0 Å². The van der Waals surface area contributed by atoms with E-state index in [1.807, 2.05) is 68.4 Å². The number of hydrogen-bond acceptors (Lipinski definition) is 3. The van der Waals surface area contributed by atoms with Crippen molar-refractivity contribution in [3.05, 3.63) is 84.2 Å². The quantitative estimate of drug-likeness (QED) is 0.730. The first-order valence-corrected chi connectivity index (χ1v) is 8.33. The second-order valence-corrected chi connectivity index (χ2v) is 5.84. The first-order valence-electron chi connectivity index (χ1n) is 8.33. The summed E-state index contributed by atoms with van der Waals surface area (Å²) in [4.78, 5) is 18.9. The van der Waals surface area contributed by atoms with Gasteiger partial charge in [0.15, 0.2) is 0 Å². The van der Waals surface area contributed by atoms with Crippen LogP contribution >= 0.6 is 0 Å². The molecule has 0 aliphatic carbocycles. The zero-order valence-corrected chi connectivity index (χ0v) is 14.4. The van der Waals surface area contributed by atoms with Crippen LogP contribution in [0.1, 0.15) is 22.8 Å². The minimum absolute atomic E-state index is 0.0610. The SMILES string of the molecule is CCN(C(=O)c1cncc(Nc2cccc(C)c2)c1)c1ccccc1. The molecule has 0 unspecified atom stereocenters. The van der Waals surface area contributed by atoms with Crippen LogP contribution in [0, 0.1) is 6.92 Å². The van der Waals surface area contributed by atoms with Gasteiger partial charge in [-0.05, 0) is 49.7 Å². The normalized spacial score (nSPS) is 10.3. The number of nitrogens with one attached hydrogen (secondary N) is 1. The molecule has 1 N–H and O–H groups in total. The van der Waals surface area contributed by atoms with Crippen molar-refractivity contribution in [2.24, 2.45) is 0 Å². The fourth-order valence-electron chi connectivity index (χ4n) is 2.72. The number of para-hydroxylation sites is 1. The highest BCUT2D eigenvalue weighted by atomic mass is 16.2. The van der Waals surface area contributed by atoms with Crippen LogP contribution in [-0.2, 0) is 0 Å². The van der Waals surface area contributed by atoms with Gasteiger partial charge < -0.3 is 10.2 Å². The van der Waals surface area contributed by atoms with Gasteiger partial charge >= 0.3 is 0 Å². The Balaban J connectivity index is 1.84. The maximum atomic E-state index is 12.9. The third-order valence-electron chi connectivity index (χ3n) is 3.92. The van der Waals surface area contributed by atoms with Crippen molar-refractivity contribution in [1.82, 2.24) is 4.98 Å². The molecule has 25 heavy (non-hydrogen) atoms. The lowest BCUT2D eigenvalue weighted by atomic mass is 10.2. The van der Waals surface area contributed by atoms with Crippen molar-refractivity contribution in [1.29, 1.82) is 0 Å². The van der Waals surface area contributed by atoms with Crippen LogP contribution in [0.4, 0.5) is 17.1 Å². The third kappa shape index (κ3) is 4.04. The van der Waals surface area contributed by atoms with Crippen LogP contribution in [-0.4, -0.2) is 17.4 Å². The largest absolute Gasteiger partial charge is 0.354 e. The van der Waals surface area contributed by atoms with Gasteiger partial charge in [0.2, 0.25) is 0 Å². The van der Waals surface area contributed by atoms with Gasteiger partial charge in [-0.2, -0.15) is 0 Å². The fourth-order valence-corrected chi connectivity index (χ4v) is 2.72. The summed E-state index contributed by atoms with van der Waals surface area (Å²) in [6.45, 7) is 4.61. The van der Waals surface area contributed by atoms with Crippen LogP contribution < -0.4 is 10.2 Å². The Kier molecular flexibility index (Phi) is 5.09. The van der Waals surface area contributed by atoms with E-state index < -0.39 is 0 Å². The van der Waals surface area contributed by atoms with Crippen molar-refractivity contribution in [2.45, 2.75) is 13.8 Å². The highest BCUT2D eigenvalue weighted by Crippen LogP contribution is 2.20. The van der Waals surface area contributed by atoms with E-state index in [-0.39, 0.29) is 5.91 Å². The number of aryl methyl sites for hydroxylation is 1. The summed E-state index contributed by atoms with van der Waals surface area (Å²) >= 11 is 0. The zero-order chi connectivity index (χ0) is 17.6. The molecule has 0 bridgehead atoms. The standard InChI is InChI=1S/C21H21N3O/c1-3-24(20-10-5-4-6-11-20)21(25)17-13-19(15-22-14-17)23-18-9-7-8-16(2)12-18/h4-15,23H,3H2,1-2H3. The number of nitrogens with zero attached hydrogens (tertiary/aromatic N) is 2.